The van der Waals surface area contributed by atoms with Gasteiger partial charge in [0.15, 0.2) is 5.96 Å². The van der Waals surface area contributed by atoms with Crippen molar-refractivity contribution in [2.75, 3.05) is 17.2 Å². The molecule has 2 aromatic rings. The SMILES string of the molecule is Cc1cc(C)cc(NC(N)=NCCC(=O)Nc2ccc(Br)cc2)c1. The standard InChI is InChI=1S/C18H21BrN4O/c1-12-9-13(2)11-16(10-12)23-18(20)21-8-7-17(24)22-15-5-3-14(19)4-6-15/h3-6,9-11H,7-8H2,1-2H3,(H,22,24)(H3,20,21,23). The van der Waals surface area contributed by atoms with E-state index in [1.807, 2.05) is 50.2 Å². The Morgan fingerprint density at radius 1 is 1.04 bits per heavy atom. The van der Waals surface area contributed by atoms with Gasteiger partial charge in [-0.15, -0.1) is 0 Å². The average molecular weight is 389 g/mol. The molecule has 24 heavy (non-hydrogen) atoms. The zero-order valence-electron chi connectivity index (χ0n) is 13.8. The van der Waals surface area contributed by atoms with E-state index < -0.39 is 0 Å². The second-order valence-corrected chi connectivity index (χ2v) is 6.49. The summed E-state index contributed by atoms with van der Waals surface area (Å²) in [6.45, 7) is 4.38. The van der Waals surface area contributed by atoms with Crippen molar-refractivity contribution in [2.45, 2.75) is 20.3 Å². The Morgan fingerprint density at radius 2 is 1.67 bits per heavy atom. The molecule has 0 radical (unpaired) electrons. The Balaban J connectivity index is 1.81. The van der Waals surface area contributed by atoms with Crippen molar-refractivity contribution in [1.29, 1.82) is 0 Å². The molecule has 0 spiro atoms. The van der Waals surface area contributed by atoms with Crippen LogP contribution in [0.3, 0.4) is 0 Å². The van der Waals surface area contributed by atoms with Crippen LogP contribution in [0.15, 0.2) is 51.9 Å². The van der Waals surface area contributed by atoms with Crippen molar-refractivity contribution in [3.8, 4) is 0 Å². The number of carbonyl (C=O) groups is 1. The molecule has 6 heteroatoms. The normalized spacial score (nSPS) is 11.2. The number of halogens is 1. The van der Waals surface area contributed by atoms with Gasteiger partial charge in [-0.05, 0) is 61.4 Å². The second kappa shape index (κ2) is 8.49. The maximum atomic E-state index is 11.9. The van der Waals surface area contributed by atoms with Gasteiger partial charge < -0.3 is 16.4 Å². The third-order valence-electron chi connectivity index (χ3n) is 3.24. The van der Waals surface area contributed by atoms with Gasteiger partial charge in [-0.2, -0.15) is 0 Å². The Kier molecular flexibility index (Phi) is 6.37. The molecule has 0 saturated heterocycles. The van der Waals surface area contributed by atoms with Crippen molar-refractivity contribution in [1.82, 2.24) is 0 Å². The number of anilines is 2. The second-order valence-electron chi connectivity index (χ2n) is 5.57. The lowest BCUT2D eigenvalue weighted by atomic mass is 10.1. The molecule has 5 nitrogen and oxygen atoms in total. The van der Waals surface area contributed by atoms with E-state index >= 15 is 0 Å². The van der Waals surface area contributed by atoms with Gasteiger partial charge in [0.05, 0.1) is 6.54 Å². The summed E-state index contributed by atoms with van der Waals surface area (Å²) in [5.74, 6) is 0.205. The molecule has 126 valence electrons. The lowest BCUT2D eigenvalue weighted by Gasteiger charge is -2.08. The largest absolute Gasteiger partial charge is 0.370 e. The van der Waals surface area contributed by atoms with E-state index in [4.69, 9.17) is 5.73 Å². The van der Waals surface area contributed by atoms with Crippen LogP contribution >= 0.6 is 15.9 Å². The molecule has 0 unspecified atom stereocenters. The number of hydrogen-bond donors (Lipinski definition) is 3. The highest BCUT2D eigenvalue weighted by atomic mass is 79.9. The number of benzene rings is 2. The topological polar surface area (TPSA) is 79.5 Å². The molecule has 2 aromatic carbocycles. The molecule has 2 rings (SSSR count). The molecule has 0 bridgehead atoms. The number of nitrogens with zero attached hydrogens (tertiary/aromatic N) is 1. The fourth-order valence-electron chi connectivity index (χ4n) is 2.27. The predicted molar refractivity (Wildman–Crippen MR) is 103 cm³/mol. The number of nitrogens with one attached hydrogen (secondary N) is 2. The Bertz CT molecular complexity index is 721. The van der Waals surface area contributed by atoms with E-state index in [0.717, 1.165) is 27.0 Å². The van der Waals surface area contributed by atoms with Crippen LogP contribution in [0.25, 0.3) is 0 Å². The fraction of sp³-hybridized carbons (Fsp3) is 0.222. The first-order valence-corrected chi connectivity index (χ1v) is 8.42. The van der Waals surface area contributed by atoms with Crippen LogP contribution in [0.5, 0.6) is 0 Å². The maximum Gasteiger partial charge on any atom is 0.226 e. The number of amides is 1. The summed E-state index contributed by atoms with van der Waals surface area (Å²) in [4.78, 5) is 16.1. The summed E-state index contributed by atoms with van der Waals surface area (Å²) in [6.07, 6.45) is 0.269. The zero-order valence-corrected chi connectivity index (χ0v) is 15.4. The summed E-state index contributed by atoms with van der Waals surface area (Å²) < 4.78 is 0.968. The first kappa shape index (κ1) is 18.0. The van der Waals surface area contributed by atoms with Gasteiger partial charge in [0, 0.05) is 22.3 Å². The van der Waals surface area contributed by atoms with E-state index in [9.17, 15) is 4.79 Å². The van der Waals surface area contributed by atoms with Crippen molar-refractivity contribution in [3.63, 3.8) is 0 Å². The smallest absolute Gasteiger partial charge is 0.226 e. The van der Waals surface area contributed by atoms with E-state index in [-0.39, 0.29) is 12.3 Å². The van der Waals surface area contributed by atoms with Crippen LogP contribution < -0.4 is 16.4 Å². The Morgan fingerprint density at radius 3 is 2.29 bits per heavy atom. The fourth-order valence-corrected chi connectivity index (χ4v) is 2.53. The van der Waals surface area contributed by atoms with E-state index in [2.05, 4.69) is 37.6 Å². The van der Waals surface area contributed by atoms with Gasteiger partial charge in [0.2, 0.25) is 5.91 Å². The minimum Gasteiger partial charge on any atom is -0.370 e. The molecule has 0 fully saturated rings. The Labute approximate surface area is 150 Å². The quantitative estimate of drug-likeness (QED) is 0.537. The minimum absolute atomic E-state index is 0.0970. The molecule has 4 N–H and O–H groups in total. The van der Waals surface area contributed by atoms with Gasteiger partial charge in [0.1, 0.15) is 0 Å². The van der Waals surface area contributed by atoms with E-state index in [1.54, 1.807) is 0 Å². The van der Waals surface area contributed by atoms with Crippen LogP contribution in [-0.4, -0.2) is 18.4 Å². The monoisotopic (exact) mass is 388 g/mol. The summed E-state index contributed by atoms with van der Waals surface area (Å²) in [5, 5.41) is 5.86. The lowest BCUT2D eigenvalue weighted by molar-refractivity contribution is -0.116. The minimum atomic E-state index is -0.0970. The first-order chi connectivity index (χ1) is 11.4. The molecule has 0 aromatic heterocycles. The highest BCUT2D eigenvalue weighted by Gasteiger charge is 2.02. The summed E-state index contributed by atoms with van der Waals surface area (Å²) >= 11 is 3.35. The summed E-state index contributed by atoms with van der Waals surface area (Å²) in [7, 11) is 0. The maximum absolute atomic E-state index is 11.9. The van der Waals surface area contributed by atoms with Crippen LogP contribution in [0.1, 0.15) is 17.5 Å². The van der Waals surface area contributed by atoms with Crippen molar-refractivity contribution >= 4 is 39.2 Å². The highest BCUT2D eigenvalue weighted by Crippen LogP contribution is 2.14. The first-order valence-electron chi connectivity index (χ1n) is 7.63. The highest BCUT2D eigenvalue weighted by molar-refractivity contribution is 9.10. The number of rotatable bonds is 5. The van der Waals surface area contributed by atoms with Gasteiger partial charge in [-0.25, -0.2) is 0 Å². The average Bonchev–Trinajstić information content (AvgIpc) is 2.48. The van der Waals surface area contributed by atoms with Gasteiger partial charge in [-0.1, -0.05) is 22.0 Å². The van der Waals surface area contributed by atoms with E-state index in [0.29, 0.717) is 12.5 Å². The zero-order chi connectivity index (χ0) is 17.5. The third kappa shape index (κ3) is 6.04. The molecular formula is C18H21BrN4O. The molecule has 1 amide bonds. The molecule has 0 aliphatic heterocycles. The third-order valence-corrected chi connectivity index (χ3v) is 3.77. The number of aliphatic imine (C=N–C) groups is 1. The Hall–Kier alpha value is -2.34. The van der Waals surface area contributed by atoms with Crippen molar-refractivity contribution < 1.29 is 4.79 Å². The number of hydrogen-bond acceptors (Lipinski definition) is 2. The van der Waals surface area contributed by atoms with Crippen LogP contribution in [0.2, 0.25) is 0 Å². The summed E-state index contributed by atoms with van der Waals surface area (Å²) in [5.41, 5.74) is 9.82. The van der Waals surface area contributed by atoms with Crippen molar-refractivity contribution in [2.24, 2.45) is 10.7 Å². The van der Waals surface area contributed by atoms with Crippen LogP contribution in [0, 0.1) is 13.8 Å². The summed E-state index contributed by atoms with van der Waals surface area (Å²) in [6, 6.07) is 13.5. The van der Waals surface area contributed by atoms with Crippen LogP contribution in [0.4, 0.5) is 11.4 Å². The predicted octanol–water partition coefficient (Wildman–Crippen LogP) is 3.82. The number of nitrogens with two attached hydrogens (primary N) is 1. The number of guanidine groups is 1. The lowest BCUT2D eigenvalue weighted by Crippen LogP contribution is -2.23. The molecule has 0 atom stereocenters. The number of aryl methyl sites for hydroxylation is 2. The van der Waals surface area contributed by atoms with Crippen LogP contribution in [-0.2, 0) is 4.79 Å². The number of carbonyl (C=O) groups excluding carboxylic acids is 1. The van der Waals surface area contributed by atoms with Gasteiger partial charge in [0.25, 0.3) is 0 Å². The molecular weight excluding hydrogens is 368 g/mol. The molecule has 0 saturated carbocycles. The van der Waals surface area contributed by atoms with E-state index in [1.165, 1.54) is 0 Å². The van der Waals surface area contributed by atoms with Gasteiger partial charge >= 0.3 is 0 Å². The molecule has 0 aliphatic rings. The molecule has 0 heterocycles. The van der Waals surface area contributed by atoms with Gasteiger partial charge in [-0.3, -0.25) is 9.79 Å². The molecule has 0 aliphatic carbocycles. The van der Waals surface area contributed by atoms with Crippen molar-refractivity contribution in [3.05, 3.63) is 58.1 Å².